The van der Waals surface area contributed by atoms with Crippen LogP contribution in [0.1, 0.15) is 44.7 Å². The van der Waals surface area contributed by atoms with Crippen LogP contribution in [0.4, 0.5) is 0 Å². The Morgan fingerprint density at radius 1 is 1.09 bits per heavy atom. The molecule has 2 aromatic rings. The molecule has 0 radical (unpaired) electrons. The van der Waals surface area contributed by atoms with Gasteiger partial charge >= 0.3 is 5.69 Å². The van der Waals surface area contributed by atoms with Crippen LogP contribution in [0.25, 0.3) is 11.0 Å². The van der Waals surface area contributed by atoms with Crippen molar-refractivity contribution in [3.8, 4) is 11.8 Å². The van der Waals surface area contributed by atoms with Gasteiger partial charge in [-0.05, 0) is 18.4 Å². The summed E-state index contributed by atoms with van der Waals surface area (Å²) in [5.74, 6) is 5.99. The van der Waals surface area contributed by atoms with E-state index in [1.807, 2.05) is 0 Å². The summed E-state index contributed by atoms with van der Waals surface area (Å²) in [6, 6.07) is 1.60. The summed E-state index contributed by atoms with van der Waals surface area (Å²) < 4.78 is 2.37. The van der Waals surface area contributed by atoms with Gasteiger partial charge in [0.05, 0.1) is 5.39 Å². The predicted molar refractivity (Wildman–Crippen MR) is 85.7 cm³/mol. The zero-order valence-corrected chi connectivity index (χ0v) is 13.2. The molecule has 0 atom stereocenters. The molecule has 0 spiro atoms. The first kappa shape index (κ1) is 16.0. The van der Waals surface area contributed by atoms with E-state index < -0.39 is 5.69 Å². The maximum atomic E-state index is 12.1. The van der Waals surface area contributed by atoms with Crippen molar-refractivity contribution >= 4 is 11.0 Å². The Morgan fingerprint density at radius 2 is 1.86 bits per heavy atom. The number of fused-ring (bicyclic) bond motifs is 1. The topological polar surface area (TPSA) is 69.8 Å². The summed E-state index contributed by atoms with van der Waals surface area (Å²) in [7, 11) is 3.02. The first-order valence-electron chi connectivity index (χ1n) is 7.48. The molecule has 0 aliphatic carbocycles. The molecule has 0 N–H and O–H groups in total. The second kappa shape index (κ2) is 7.03. The Bertz CT molecular complexity index is 853. The Labute approximate surface area is 128 Å². The van der Waals surface area contributed by atoms with E-state index in [0.717, 1.165) is 17.4 Å². The molecule has 6 heteroatoms. The van der Waals surface area contributed by atoms with Crippen molar-refractivity contribution in [3.05, 3.63) is 32.6 Å². The molecule has 0 amide bonds. The average molecular weight is 300 g/mol. The highest BCUT2D eigenvalue weighted by Gasteiger charge is 2.10. The molecule has 2 rings (SSSR count). The molecule has 0 aliphatic rings. The largest absolute Gasteiger partial charge is 0.332 e. The van der Waals surface area contributed by atoms with Gasteiger partial charge in [-0.1, -0.05) is 32.1 Å². The van der Waals surface area contributed by atoms with Crippen LogP contribution in [0.3, 0.4) is 0 Å². The van der Waals surface area contributed by atoms with Crippen molar-refractivity contribution < 1.29 is 0 Å². The van der Waals surface area contributed by atoms with Gasteiger partial charge in [0.1, 0.15) is 5.69 Å². The smallest absolute Gasteiger partial charge is 0.279 e. The summed E-state index contributed by atoms with van der Waals surface area (Å²) in [5, 5.41) is 8.31. The molecule has 0 saturated carbocycles. The molecule has 2 aromatic heterocycles. The summed E-state index contributed by atoms with van der Waals surface area (Å²) in [6.07, 6.45) is 5.48. The summed E-state index contributed by atoms with van der Waals surface area (Å²) in [6.45, 7) is 2.17. The third-order valence-corrected chi connectivity index (χ3v) is 3.57. The highest BCUT2D eigenvalue weighted by molar-refractivity contribution is 5.74. The fourth-order valence-electron chi connectivity index (χ4n) is 2.23. The molecule has 0 aromatic carbocycles. The highest BCUT2D eigenvalue weighted by Crippen LogP contribution is 2.04. The summed E-state index contributed by atoms with van der Waals surface area (Å²) in [5.41, 5.74) is -0.0547. The summed E-state index contributed by atoms with van der Waals surface area (Å²) in [4.78, 5) is 24.0. The monoisotopic (exact) mass is 300 g/mol. The minimum atomic E-state index is -0.415. The lowest BCUT2D eigenvalue weighted by Crippen LogP contribution is -2.37. The molecule has 116 valence electrons. The van der Waals surface area contributed by atoms with Gasteiger partial charge in [0.2, 0.25) is 0 Å². The zero-order valence-electron chi connectivity index (χ0n) is 13.2. The lowest BCUT2D eigenvalue weighted by atomic mass is 10.1. The SMILES string of the molecule is CCCCCCC#Cc1cc2c(=O)n(C)c(=O)n(C)c2nn1. The van der Waals surface area contributed by atoms with E-state index in [1.165, 1.54) is 30.9 Å². The Balaban J connectivity index is 2.30. The fraction of sp³-hybridized carbons (Fsp3) is 0.500. The van der Waals surface area contributed by atoms with Gasteiger partial charge < -0.3 is 0 Å². The van der Waals surface area contributed by atoms with Crippen LogP contribution in [0.5, 0.6) is 0 Å². The van der Waals surface area contributed by atoms with Crippen molar-refractivity contribution in [2.24, 2.45) is 14.1 Å². The number of rotatable bonds is 4. The van der Waals surface area contributed by atoms with Crippen LogP contribution >= 0.6 is 0 Å². The molecule has 0 unspecified atom stereocenters. The molecular formula is C16H20N4O2. The van der Waals surface area contributed by atoms with E-state index >= 15 is 0 Å². The third-order valence-electron chi connectivity index (χ3n) is 3.57. The molecule has 2 heterocycles. The normalized spacial score (nSPS) is 10.5. The second-order valence-electron chi connectivity index (χ2n) is 5.29. The predicted octanol–water partition coefficient (Wildman–Crippen LogP) is 1.35. The van der Waals surface area contributed by atoms with Crippen LogP contribution in [-0.4, -0.2) is 19.3 Å². The van der Waals surface area contributed by atoms with Crippen LogP contribution in [0, 0.1) is 11.8 Å². The van der Waals surface area contributed by atoms with Gasteiger partial charge in [-0.2, -0.15) is 0 Å². The van der Waals surface area contributed by atoms with Gasteiger partial charge in [-0.25, -0.2) is 4.79 Å². The number of aryl methyl sites for hydroxylation is 1. The molecule has 0 fully saturated rings. The molecule has 0 saturated heterocycles. The van der Waals surface area contributed by atoms with Crippen LogP contribution in [-0.2, 0) is 14.1 Å². The maximum Gasteiger partial charge on any atom is 0.332 e. The summed E-state index contributed by atoms with van der Waals surface area (Å²) >= 11 is 0. The van der Waals surface area contributed by atoms with Gasteiger partial charge in [-0.3, -0.25) is 13.9 Å². The van der Waals surface area contributed by atoms with E-state index in [2.05, 4.69) is 29.0 Å². The lowest BCUT2D eigenvalue weighted by molar-refractivity contribution is 0.679. The van der Waals surface area contributed by atoms with Gasteiger partial charge in [-0.15, -0.1) is 10.2 Å². The van der Waals surface area contributed by atoms with Crippen molar-refractivity contribution in [2.75, 3.05) is 0 Å². The van der Waals surface area contributed by atoms with E-state index in [1.54, 1.807) is 13.1 Å². The Kier molecular flexibility index (Phi) is 5.10. The highest BCUT2D eigenvalue weighted by atomic mass is 16.2. The van der Waals surface area contributed by atoms with Crippen molar-refractivity contribution in [3.63, 3.8) is 0 Å². The number of hydrogen-bond acceptors (Lipinski definition) is 4. The average Bonchev–Trinajstić information content (AvgIpc) is 2.54. The van der Waals surface area contributed by atoms with Crippen LogP contribution in [0.15, 0.2) is 15.7 Å². The van der Waals surface area contributed by atoms with E-state index in [0.29, 0.717) is 11.1 Å². The van der Waals surface area contributed by atoms with Crippen LogP contribution < -0.4 is 11.2 Å². The van der Waals surface area contributed by atoms with Crippen molar-refractivity contribution in [1.82, 2.24) is 19.3 Å². The number of nitrogens with zero attached hydrogens (tertiary/aromatic N) is 4. The minimum absolute atomic E-state index is 0.279. The van der Waals surface area contributed by atoms with Crippen LogP contribution in [0.2, 0.25) is 0 Å². The zero-order chi connectivity index (χ0) is 16.1. The standard InChI is InChI=1S/C16H20N4O2/c1-4-5-6-7-8-9-10-12-11-13-14(18-17-12)19(2)16(22)20(3)15(13)21/h11H,4-8H2,1-3H3. The molecule has 0 aliphatic heterocycles. The minimum Gasteiger partial charge on any atom is -0.279 e. The molecule has 22 heavy (non-hydrogen) atoms. The van der Waals surface area contributed by atoms with E-state index in [9.17, 15) is 9.59 Å². The van der Waals surface area contributed by atoms with Gasteiger partial charge in [0, 0.05) is 20.5 Å². The molecule has 0 bridgehead atoms. The first-order valence-corrected chi connectivity index (χ1v) is 7.48. The van der Waals surface area contributed by atoms with Crippen molar-refractivity contribution in [2.45, 2.75) is 39.0 Å². The van der Waals surface area contributed by atoms with E-state index in [-0.39, 0.29) is 11.2 Å². The van der Waals surface area contributed by atoms with Gasteiger partial charge in [0.15, 0.2) is 5.65 Å². The van der Waals surface area contributed by atoms with Crippen molar-refractivity contribution in [1.29, 1.82) is 0 Å². The fourth-order valence-corrected chi connectivity index (χ4v) is 2.23. The first-order chi connectivity index (χ1) is 10.6. The van der Waals surface area contributed by atoms with Gasteiger partial charge in [0.25, 0.3) is 5.56 Å². The molecule has 6 nitrogen and oxygen atoms in total. The lowest BCUT2D eigenvalue weighted by Gasteiger charge is -2.05. The quantitative estimate of drug-likeness (QED) is 0.631. The number of hydrogen-bond donors (Lipinski definition) is 0. The Hall–Kier alpha value is -2.42. The third kappa shape index (κ3) is 3.25. The van der Waals surface area contributed by atoms with E-state index in [4.69, 9.17) is 0 Å². The second-order valence-corrected chi connectivity index (χ2v) is 5.29. The Morgan fingerprint density at radius 3 is 2.59 bits per heavy atom. The molecular weight excluding hydrogens is 280 g/mol. The number of unbranched alkanes of at least 4 members (excludes halogenated alkanes) is 4. The maximum absolute atomic E-state index is 12.1. The number of aromatic nitrogens is 4.